The Morgan fingerprint density at radius 2 is 1.23 bits per heavy atom. The van der Waals surface area contributed by atoms with E-state index in [0.717, 1.165) is 11.3 Å². The largest absolute Gasteiger partial charge is 0.489 e. The zero-order valence-electron chi connectivity index (χ0n) is 15.4. The van der Waals surface area contributed by atoms with Gasteiger partial charge in [0.15, 0.2) is 0 Å². The first-order chi connectivity index (χ1) is 12.6. The van der Waals surface area contributed by atoms with Gasteiger partial charge in [-0.2, -0.15) is 0 Å². The highest BCUT2D eigenvalue weighted by Crippen LogP contribution is 2.23. The summed E-state index contributed by atoms with van der Waals surface area (Å²) < 4.78 is 11.9. The summed E-state index contributed by atoms with van der Waals surface area (Å²) in [6, 6.07) is 28.5. The minimum atomic E-state index is -0.345. The Morgan fingerprint density at radius 3 is 1.81 bits per heavy atom. The number of hydrogen-bond acceptors (Lipinski definition) is 2. The molecule has 0 fully saturated rings. The van der Waals surface area contributed by atoms with Crippen molar-refractivity contribution in [3.63, 3.8) is 0 Å². The lowest BCUT2D eigenvalue weighted by atomic mass is 9.98. The molecule has 26 heavy (non-hydrogen) atoms. The molecule has 0 aliphatic carbocycles. The van der Waals surface area contributed by atoms with Gasteiger partial charge in [0.05, 0.1) is 12.2 Å². The van der Waals surface area contributed by atoms with Crippen LogP contribution in [0, 0.1) is 6.42 Å². The fraction of sp³-hybridized carbons (Fsp3) is 0.208. The zero-order valence-corrected chi connectivity index (χ0v) is 15.4. The van der Waals surface area contributed by atoms with E-state index in [9.17, 15) is 0 Å². The summed E-state index contributed by atoms with van der Waals surface area (Å²) in [6.45, 7) is 5.34. The molecule has 133 valence electrons. The van der Waals surface area contributed by atoms with Crippen molar-refractivity contribution in [2.75, 3.05) is 0 Å². The normalized spacial score (nSPS) is 11.3. The maximum absolute atomic E-state index is 6.07. The lowest BCUT2D eigenvalue weighted by Gasteiger charge is -2.25. The summed E-state index contributed by atoms with van der Waals surface area (Å²) in [4.78, 5) is 0. The molecule has 0 saturated carbocycles. The highest BCUT2D eigenvalue weighted by molar-refractivity contribution is 5.33. The van der Waals surface area contributed by atoms with Gasteiger partial charge < -0.3 is 9.47 Å². The first-order valence-corrected chi connectivity index (χ1v) is 8.91. The van der Waals surface area contributed by atoms with E-state index in [-0.39, 0.29) is 5.60 Å². The Kier molecular flexibility index (Phi) is 6.08. The van der Waals surface area contributed by atoms with Crippen LogP contribution in [0.2, 0.25) is 0 Å². The molecule has 0 spiro atoms. The first-order valence-electron chi connectivity index (χ1n) is 8.91. The maximum atomic E-state index is 6.07. The van der Waals surface area contributed by atoms with Gasteiger partial charge in [0.2, 0.25) is 0 Å². The molecule has 3 aromatic rings. The second-order valence-electron chi connectivity index (χ2n) is 6.87. The zero-order chi connectivity index (χ0) is 18.2. The van der Waals surface area contributed by atoms with Crippen molar-refractivity contribution in [3.8, 4) is 5.75 Å². The van der Waals surface area contributed by atoms with Crippen LogP contribution in [0.1, 0.15) is 30.5 Å². The van der Waals surface area contributed by atoms with E-state index in [1.165, 1.54) is 11.1 Å². The molecule has 0 saturated heterocycles. The maximum Gasteiger partial charge on any atom is 0.119 e. The Hall–Kier alpha value is -2.58. The van der Waals surface area contributed by atoms with E-state index in [0.29, 0.717) is 13.2 Å². The predicted octanol–water partition coefficient (Wildman–Crippen LogP) is 5.81. The van der Waals surface area contributed by atoms with E-state index in [1.54, 1.807) is 0 Å². The average molecular weight is 345 g/mol. The van der Waals surface area contributed by atoms with Crippen LogP contribution in [-0.2, 0) is 18.0 Å². The summed E-state index contributed by atoms with van der Waals surface area (Å²) in [5.74, 6) is 0.869. The standard InChI is InChI=1S/C24H25O2/c1-24(2,26-19-22-11-7-4-8-12-22)17-20-13-15-23(16-14-20)25-18-21-9-5-3-6-10-21/h3-17H,18-19H2,1-2H3. The Labute approximate surface area is 156 Å². The molecule has 0 heterocycles. The van der Waals surface area contributed by atoms with Crippen molar-refractivity contribution < 1.29 is 9.47 Å². The van der Waals surface area contributed by atoms with Gasteiger partial charge in [-0.3, -0.25) is 0 Å². The second-order valence-corrected chi connectivity index (χ2v) is 6.87. The summed E-state index contributed by atoms with van der Waals surface area (Å²) in [5, 5.41) is 0. The molecular formula is C24H25O2. The Bertz CT molecular complexity index is 777. The smallest absolute Gasteiger partial charge is 0.119 e. The quantitative estimate of drug-likeness (QED) is 0.512. The van der Waals surface area contributed by atoms with Crippen molar-refractivity contribution in [2.45, 2.75) is 32.7 Å². The molecule has 2 nitrogen and oxygen atoms in total. The van der Waals surface area contributed by atoms with Crippen molar-refractivity contribution in [2.24, 2.45) is 0 Å². The minimum absolute atomic E-state index is 0.345. The van der Waals surface area contributed by atoms with Crippen LogP contribution >= 0.6 is 0 Å². The van der Waals surface area contributed by atoms with Crippen molar-refractivity contribution in [3.05, 3.63) is 108 Å². The number of hydrogen-bond donors (Lipinski definition) is 0. The fourth-order valence-electron chi connectivity index (χ4n) is 2.69. The highest BCUT2D eigenvalue weighted by atomic mass is 16.5. The Morgan fingerprint density at radius 1 is 0.692 bits per heavy atom. The van der Waals surface area contributed by atoms with Gasteiger partial charge in [0.25, 0.3) is 0 Å². The highest BCUT2D eigenvalue weighted by Gasteiger charge is 2.19. The molecular weight excluding hydrogens is 320 g/mol. The molecule has 0 unspecified atom stereocenters. The van der Waals surface area contributed by atoms with Crippen LogP contribution in [0.3, 0.4) is 0 Å². The van der Waals surface area contributed by atoms with E-state index < -0.39 is 0 Å². The van der Waals surface area contributed by atoms with Crippen LogP contribution in [0.4, 0.5) is 0 Å². The molecule has 0 aliphatic rings. The van der Waals surface area contributed by atoms with Gasteiger partial charge in [-0.1, -0.05) is 72.8 Å². The van der Waals surface area contributed by atoms with Gasteiger partial charge in [-0.25, -0.2) is 0 Å². The fourth-order valence-corrected chi connectivity index (χ4v) is 2.69. The molecule has 3 rings (SSSR count). The van der Waals surface area contributed by atoms with Gasteiger partial charge in [-0.15, -0.1) is 0 Å². The predicted molar refractivity (Wildman–Crippen MR) is 106 cm³/mol. The molecule has 0 bridgehead atoms. The third-order valence-electron chi connectivity index (χ3n) is 4.10. The molecule has 2 heteroatoms. The van der Waals surface area contributed by atoms with Crippen LogP contribution < -0.4 is 4.74 Å². The molecule has 1 radical (unpaired) electrons. The van der Waals surface area contributed by atoms with Crippen LogP contribution in [-0.4, -0.2) is 5.60 Å². The van der Waals surface area contributed by atoms with E-state index in [1.807, 2.05) is 48.5 Å². The summed E-state index contributed by atoms with van der Waals surface area (Å²) in [7, 11) is 0. The first kappa shape index (κ1) is 18.2. The average Bonchev–Trinajstić information content (AvgIpc) is 2.67. The number of rotatable bonds is 8. The summed E-state index contributed by atoms with van der Waals surface area (Å²) in [6.07, 6.45) is 2.14. The van der Waals surface area contributed by atoms with Crippen molar-refractivity contribution in [1.29, 1.82) is 0 Å². The van der Waals surface area contributed by atoms with E-state index in [2.05, 4.69) is 56.7 Å². The van der Waals surface area contributed by atoms with Gasteiger partial charge in [0, 0.05) is 6.42 Å². The number of ether oxygens (including phenoxy) is 2. The summed E-state index contributed by atoms with van der Waals surface area (Å²) >= 11 is 0. The molecule has 3 aromatic carbocycles. The Balaban J connectivity index is 1.51. The lowest BCUT2D eigenvalue weighted by molar-refractivity contribution is -0.00248. The van der Waals surface area contributed by atoms with Crippen molar-refractivity contribution >= 4 is 0 Å². The molecule has 0 N–H and O–H groups in total. The van der Waals surface area contributed by atoms with Gasteiger partial charge in [0.1, 0.15) is 12.4 Å². The minimum Gasteiger partial charge on any atom is -0.489 e. The van der Waals surface area contributed by atoms with E-state index in [4.69, 9.17) is 9.47 Å². The monoisotopic (exact) mass is 345 g/mol. The molecule has 0 aliphatic heterocycles. The third kappa shape index (κ3) is 5.75. The number of benzene rings is 3. The van der Waals surface area contributed by atoms with Gasteiger partial charge in [-0.05, 0) is 42.7 Å². The molecule has 0 amide bonds. The summed E-state index contributed by atoms with van der Waals surface area (Å²) in [5.41, 5.74) is 3.12. The lowest BCUT2D eigenvalue weighted by Crippen LogP contribution is -2.25. The van der Waals surface area contributed by atoms with Crippen molar-refractivity contribution in [1.82, 2.24) is 0 Å². The third-order valence-corrected chi connectivity index (χ3v) is 4.10. The SMILES string of the molecule is CC(C)([CH]c1ccc(OCc2ccccc2)cc1)OCc1ccccc1. The van der Waals surface area contributed by atoms with E-state index >= 15 is 0 Å². The second kappa shape index (κ2) is 8.68. The van der Waals surface area contributed by atoms with Crippen LogP contribution in [0.15, 0.2) is 84.9 Å². The van der Waals surface area contributed by atoms with Crippen LogP contribution in [0.25, 0.3) is 0 Å². The molecule has 0 aromatic heterocycles. The molecule has 0 atom stereocenters. The van der Waals surface area contributed by atoms with Gasteiger partial charge >= 0.3 is 0 Å². The topological polar surface area (TPSA) is 18.5 Å². The van der Waals surface area contributed by atoms with Crippen LogP contribution in [0.5, 0.6) is 5.75 Å².